The van der Waals surface area contributed by atoms with Crippen LogP contribution in [-0.2, 0) is 0 Å². The molecule has 2 heterocycles. The minimum absolute atomic E-state index is 0. The lowest BCUT2D eigenvalue weighted by molar-refractivity contribution is 0.260. The Morgan fingerprint density at radius 1 is 0.889 bits per heavy atom. The van der Waals surface area contributed by atoms with Gasteiger partial charge in [-0.1, -0.05) is 24.3 Å². The van der Waals surface area contributed by atoms with Gasteiger partial charge in [-0.05, 0) is 54.6 Å². The Balaban J connectivity index is 0.000001000. The Kier molecular flexibility index (Phi) is 3.38. The van der Waals surface area contributed by atoms with Gasteiger partial charge >= 0.3 is 0 Å². The van der Waals surface area contributed by atoms with Crippen molar-refractivity contribution in [1.82, 2.24) is 4.90 Å². The molecule has 2 fully saturated rings. The van der Waals surface area contributed by atoms with Crippen molar-refractivity contribution < 1.29 is 0 Å². The van der Waals surface area contributed by atoms with E-state index in [1.54, 1.807) is 11.1 Å². The van der Waals surface area contributed by atoms with Crippen LogP contribution in [0.1, 0.15) is 48.6 Å². The van der Waals surface area contributed by atoms with E-state index in [9.17, 15) is 0 Å². The zero-order chi connectivity index (χ0) is 11.2. The molecule has 4 aliphatic rings. The zero-order valence-electron chi connectivity index (χ0n) is 10.8. The highest BCUT2D eigenvalue weighted by Crippen LogP contribution is 2.43. The normalized spacial score (nSPS) is 30.4. The molecule has 18 heavy (non-hydrogen) atoms. The highest BCUT2D eigenvalue weighted by Gasteiger charge is 2.35. The molecule has 1 saturated heterocycles. The molecular formula is C16H22ClN. The second kappa shape index (κ2) is 4.86. The molecule has 0 N–H and O–H groups in total. The molecule has 1 nitrogen and oxygen atoms in total. The van der Waals surface area contributed by atoms with Crippen molar-refractivity contribution in [3.8, 4) is 0 Å². The molecule has 2 atom stereocenters. The van der Waals surface area contributed by atoms with Gasteiger partial charge in [0, 0.05) is 19.6 Å². The molecule has 1 saturated carbocycles. The minimum atomic E-state index is 0. The second-order valence-electron chi connectivity index (χ2n) is 6.26. The first-order chi connectivity index (χ1) is 8.40. The van der Waals surface area contributed by atoms with E-state index in [4.69, 9.17) is 0 Å². The van der Waals surface area contributed by atoms with Crippen LogP contribution >= 0.6 is 12.4 Å². The molecule has 0 radical (unpaired) electrons. The van der Waals surface area contributed by atoms with Crippen molar-refractivity contribution in [3.63, 3.8) is 0 Å². The van der Waals surface area contributed by atoms with Gasteiger partial charge in [-0.15, -0.1) is 12.4 Å². The Bertz CT molecular complexity index is 394. The molecule has 2 aliphatic carbocycles. The number of hydrogen-bond donors (Lipinski definition) is 0. The van der Waals surface area contributed by atoms with Gasteiger partial charge in [0.2, 0.25) is 0 Å². The summed E-state index contributed by atoms with van der Waals surface area (Å²) in [5, 5.41) is 0. The summed E-state index contributed by atoms with van der Waals surface area (Å²) >= 11 is 0. The third-order valence-electron chi connectivity index (χ3n) is 4.91. The average molecular weight is 264 g/mol. The van der Waals surface area contributed by atoms with Crippen molar-refractivity contribution in [2.45, 2.75) is 37.5 Å². The summed E-state index contributed by atoms with van der Waals surface area (Å²) in [7, 11) is 0. The van der Waals surface area contributed by atoms with Crippen LogP contribution in [0.4, 0.5) is 0 Å². The molecule has 2 unspecified atom stereocenters. The highest BCUT2D eigenvalue weighted by molar-refractivity contribution is 5.85. The van der Waals surface area contributed by atoms with Gasteiger partial charge in [0.15, 0.2) is 0 Å². The lowest BCUT2D eigenvalue weighted by atomic mass is 9.78. The van der Waals surface area contributed by atoms with E-state index in [0.717, 1.165) is 17.8 Å². The molecule has 5 rings (SSSR count). The van der Waals surface area contributed by atoms with E-state index in [0.29, 0.717) is 0 Å². The van der Waals surface area contributed by atoms with E-state index in [1.807, 2.05) is 0 Å². The van der Waals surface area contributed by atoms with Gasteiger partial charge in [0.05, 0.1) is 0 Å². The molecule has 2 heteroatoms. The monoisotopic (exact) mass is 263 g/mol. The first-order valence-electron chi connectivity index (χ1n) is 7.21. The summed E-state index contributed by atoms with van der Waals surface area (Å²) in [6.07, 6.45) is 5.81. The molecule has 2 bridgehead atoms. The van der Waals surface area contributed by atoms with Gasteiger partial charge in [0.25, 0.3) is 0 Å². The van der Waals surface area contributed by atoms with Crippen molar-refractivity contribution >= 4 is 12.4 Å². The number of halogens is 1. The molecule has 0 spiro atoms. The SMILES string of the molecule is Cl.c1ccc2c(c1)C1CCC2CN(CC2CC2)C1. The fourth-order valence-electron chi connectivity index (χ4n) is 3.86. The van der Waals surface area contributed by atoms with Crippen LogP contribution in [0.2, 0.25) is 0 Å². The predicted octanol–water partition coefficient (Wildman–Crippen LogP) is 3.80. The van der Waals surface area contributed by atoms with E-state index >= 15 is 0 Å². The van der Waals surface area contributed by atoms with E-state index in [1.165, 1.54) is 45.3 Å². The fourth-order valence-corrected chi connectivity index (χ4v) is 3.86. The zero-order valence-corrected chi connectivity index (χ0v) is 11.7. The fraction of sp³-hybridized carbons (Fsp3) is 0.625. The van der Waals surface area contributed by atoms with Crippen LogP contribution in [0.15, 0.2) is 24.3 Å². The maximum atomic E-state index is 2.76. The summed E-state index contributed by atoms with van der Waals surface area (Å²) in [5.74, 6) is 2.68. The average Bonchev–Trinajstić information content (AvgIpc) is 3.17. The maximum Gasteiger partial charge on any atom is 0.00507 e. The van der Waals surface area contributed by atoms with Crippen LogP contribution in [0.25, 0.3) is 0 Å². The molecule has 1 aromatic carbocycles. The van der Waals surface area contributed by atoms with Crippen LogP contribution in [-0.4, -0.2) is 24.5 Å². The van der Waals surface area contributed by atoms with Gasteiger partial charge in [-0.25, -0.2) is 0 Å². The van der Waals surface area contributed by atoms with Crippen molar-refractivity contribution in [3.05, 3.63) is 35.4 Å². The van der Waals surface area contributed by atoms with E-state index in [2.05, 4.69) is 29.2 Å². The molecular weight excluding hydrogens is 242 g/mol. The van der Waals surface area contributed by atoms with Gasteiger partial charge in [-0.3, -0.25) is 0 Å². The van der Waals surface area contributed by atoms with Crippen LogP contribution in [0.5, 0.6) is 0 Å². The topological polar surface area (TPSA) is 3.24 Å². The summed E-state index contributed by atoms with van der Waals surface area (Å²) < 4.78 is 0. The number of fused-ring (bicyclic) bond motifs is 3. The number of nitrogens with zero attached hydrogens (tertiary/aromatic N) is 1. The Morgan fingerprint density at radius 3 is 1.94 bits per heavy atom. The number of benzene rings is 1. The third-order valence-corrected chi connectivity index (χ3v) is 4.91. The van der Waals surface area contributed by atoms with E-state index < -0.39 is 0 Å². The van der Waals surface area contributed by atoms with Gasteiger partial charge in [0.1, 0.15) is 0 Å². The van der Waals surface area contributed by atoms with Crippen molar-refractivity contribution in [2.75, 3.05) is 19.6 Å². The summed E-state index contributed by atoms with van der Waals surface area (Å²) in [6.45, 7) is 4.02. The Hall–Kier alpha value is -0.530. The largest absolute Gasteiger partial charge is 0.302 e. The Morgan fingerprint density at radius 2 is 1.44 bits per heavy atom. The maximum absolute atomic E-state index is 2.76. The summed E-state index contributed by atoms with van der Waals surface area (Å²) in [4.78, 5) is 2.76. The standard InChI is InChI=1S/C16H21N.ClH/c1-2-4-16-14-8-7-13(15(16)3-1)10-17(11-14)9-12-5-6-12;/h1-4,12-14H,5-11H2;1H. The van der Waals surface area contributed by atoms with Crippen LogP contribution in [0, 0.1) is 5.92 Å². The first kappa shape index (κ1) is 12.5. The quantitative estimate of drug-likeness (QED) is 0.785. The van der Waals surface area contributed by atoms with Gasteiger partial charge in [-0.2, -0.15) is 0 Å². The smallest absolute Gasteiger partial charge is 0.00507 e. The Labute approximate surface area is 116 Å². The van der Waals surface area contributed by atoms with Gasteiger partial charge < -0.3 is 4.90 Å². The van der Waals surface area contributed by atoms with Crippen molar-refractivity contribution in [1.29, 1.82) is 0 Å². The molecule has 0 amide bonds. The predicted molar refractivity (Wildman–Crippen MR) is 77.6 cm³/mol. The number of rotatable bonds is 2. The van der Waals surface area contributed by atoms with E-state index in [-0.39, 0.29) is 12.4 Å². The summed E-state index contributed by atoms with van der Waals surface area (Å²) in [5.41, 5.74) is 3.34. The molecule has 1 aromatic rings. The lowest BCUT2D eigenvalue weighted by Crippen LogP contribution is -2.29. The lowest BCUT2D eigenvalue weighted by Gasteiger charge is -2.26. The van der Waals surface area contributed by atoms with Crippen molar-refractivity contribution in [2.24, 2.45) is 5.92 Å². The number of hydrogen-bond acceptors (Lipinski definition) is 1. The first-order valence-corrected chi connectivity index (χ1v) is 7.21. The van der Waals surface area contributed by atoms with Crippen LogP contribution < -0.4 is 0 Å². The highest BCUT2D eigenvalue weighted by atomic mass is 35.5. The molecule has 2 aliphatic heterocycles. The minimum Gasteiger partial charge on any atom is -0.302 e. The van der Waals surface area contributed by atoms with Crippen LogP contribution in [0.3, 0.4) is 0 Å². The molecule has 98 valence electrons. The summed E-state index contributed by atoms with van der Waals surface area (Å²) in [6, 6.07) is 9.22. The molecule has 0 aromatic heterocycles. The second-order valence-corrected chi connectivity index (χ2v) is 6.26. The third kappa shape index (κ3) is 2.19.